The average Bonchev–Trinajstić information content (AvgIpc) is 2.75. The van der Waals surface area contributed by atoms with Gasteiger partial charge in [-0.25, -0.2) is 4.98 Å². The molecule has 6 heteroatoms. The number of aromatic nitrogens is 2. The maximum atomic E-state index is 12.8. The van der Waals surface area contributed by atoms with E-state index in [1.165, 1.54) is 17.5 Å². The number of carbonyl (C=O) groups excluding carboxylic acids is 1. The summed E-state index contributed by atoms with van der Waals surface area (Å²) >= 11 is 1.47. The minimum absolute atomic E-state index is 0.0721. The second-order valence-corrected chi connectivity index (χ2v) is 7.10. The van der Waals surface area contributed by atoms with E-state index in [4.69, 9.17) is 0 Å². The van der Waals surface area contributed by atoms with Crippen molar-refractivity contribution in [2.75, 3.05) is 6.54 Å². The van der Waals surface area contributed by atoms with Gasteiger partial charge in [0, 0.05) is 29.4 Å². The zero-order valence-corrected chi connectivity index (χ0v) is 14.8. The van der Waals surface area contributed by atoms with Gasteiger partial charge in [-0.3, -0.25) is 14.0 Å². The molecule has 0 aliphatic heterocycles. The lowest BCUT2D eigenvalue weighted by Gasteiger charge is -2.30. The molecule has 5 nitrogen and oxygen atoms in total. The lowest BCUT2D eigenvalue weighted by atomic mass is 10.0. The summed E-state index contributed by atoms with van der Waals surface area (Å²) in [4.78, 5) is 33.2. The molecule has 2 aromatic heterocycles. The number of fused-ring (bicyclic) bond motifs is 1. The SMILES string of the molecule is CCN(C(=O)c1cnc2sc(C)c(C)n2c1=O)C(C)C(C)C. The summed E-state index contributed by atoms with van der Waals surface area (Å²) in [5.74, 6) is 0.0901. The highest BCUT2D eigenvalue weighted by atomic mass is 32.1. The molecule has 0 fully saturated rings. The second-order valence-electron chi connectivity index (χ2n) is 5.91. The Labute approximate surface area is 134 Å². The standard InChI is InChI=1S/C16H23N3O2S/c1-7-18(10(4)9(2)3)14(20)13-8-17-16-19(15(13)21)11(5)12(6)22-16/h8-10H,7H2,1-6H3. The fraction of sp³-hybridized carbons (Fsp3) is 0.562. The van der Waals surface area contributed by atoms with Crippen LogP contribution in [0.4, 0.5) is 0 Å². The van der Waals surface area contributed by atoms with Crippen LogP contribution in [0.5, 0.6) is 0 Å². The van der Waals surface area contributed by atoms with Crippen molar-refractivity contribution in [2.24, 2.45) is 5.92 Å². The van der Waals surface area contributed by atoms with E-state index in [2.05, 4.69) is 18.8 Å². The van der Waals surface area contributed by atoms with E-state index >= 15 is 0 Å². The molecule has 120 valence electrons. The van der Waals surface area contributed by atoms with Gasteiger partial charge < -0.3 is 4.90 Å². The molecule has 1 amide bonds. The molecule has 2 aromatic rings. The Morgan fingerprint density at radius 2 is 2.00 bits per heavy atom. The zero-order chi connectivity index (χ0) is 16.6. The van der Waals surface area contributed by atoms with Gasteiger partial charge >= 0.3 is 0 Å². The highest BCUT2D eigenvalue weighted by Gasteiger charge is 2.25. The fourth-order valence-electron chi connectivity index (χ4n) is 2.45. The van der Waals surface area contributed by atoms with Gasteiger partial charge in [-0.05, 0) is 33.6 Å². The summed E-state index contributed by atoms with van der Waals surface area (Å²) in [5.41, 5.74) is 0.728. The number of thiazole rings is 1. The second kappa shape index (κ2) is 6.20. The molecule has 0 spiro atoms. The van der Waals surface area contributed by atoms with Crippen molar-refractivity contribution in [3.63, 3.8) is 0 Å². The summed E-state index contributed by atoms with van der Waals surface area (Å²) < 4.78 is 1.54. The van der Waals surface area contributed by atoms with E-state index in [0.29, 0.717) is 17.4 Å². The highest BCUT2D eigenvalue weighted by Crippen LogP contribution is 2.19. The molecule has 0 saturated heterocycles. The summed E-state index contributed by atoms with van der Waals surface area (Å²) in [6.45, 7) is 12.5. The van der Waals surface area contributed by atoms with Crippen LogP contribution in [-0.4, -0.2) is 32.8 Å². The number of rotatable bonds is 4. The first kappa shape index (κ1) is 16.7. The number of hydrogen-bond acceptors (Lipinski definition) is 4. The average molecular weight is 321 g/mol. The van der Waals surface area contributed by atoms with Crippen LogP contribution in [0.15, 0.2) is 11.0 Å². The monoisotopic (exact) mass is 321 g/mol. The first-order valence-corrected chi connectivity index (χ1v) is 8.39. The van der Waals surface area contributed by atoms with Gasteiger partial charge in [-0.15, -0.1) is 11.3 Å². The number of nitrogens with zero attached hydrogens (tertiary/aromatic N) is 3. The van der Waals surface area contributed by atoms with Gasteiger partial charge in [0.15, 0.2) is 4.96 Å². The first-order valence-electron chi connectivity index (χ1n) is 7.58. The van der Waals surface area contributed by atoms with Gasteiger partial charge in [-0.2, -0.15) is 0 Å². The van der Waals surface area contributed by atoms with E-state index in [1.807, 2.05) is 27.7 Å². The number of hydrogen-bond donors (Lipinski definition) is 0. The number of amides is 1. The van der Waals surface area contributed by atoms with Crippen LogP contribution in [0.25, 0.3) is 4.96 Å². The maximum Gasteiger partial charge on any atom is 0.271 e. The van der Waals surface area contributed by atoms with Crippen LogP contribution >= 0.6 is 11.3 Å². The first-order chi connectivity index (χ1) is 10.3. The molecule has 0 aliphatic rings. The Morgan fingerprint density at radius 3 is 2.55 bits per heavy atom. The van der Waals surface area contributed by atoms with Crippen molar-refractivity contribution >= 4 is 22.2 Å². The third kappa shape index (κ3) is 2.67. The molecule has 0 N–H and O–H groups in total. The quantitative estimate of drug-likeness (QED) is 0.870. The Balaban J connectivity index is 2.55. The smallest absolute Gasteiger partial charge is 0.271 e. The minimum Gasteiger partial charge on any atom is -0.336 e. The van der Waals surface area contributed by atoms with Crippen molar-refractivity contribution in [2.45, 2.75) is 47.6 Å². The molecule has 0 aliphatic carbocycles. The third-order valence-electron chi connectivity index (χ3n) is 4.31. The molecule has 0 aromatic carbocycles. The minimum atomic E-state index is -0.272. The molecule has 1 unspecified atom stereocenters. The third-order valence-corrected chi connectivity index (χ3v) is 5.38. The predicted octanol–water partition coefficient (Wildman–Crippen LogP) is 2.88. The zero-order valence-electron chi connectivity index (χ0n) is 14.0. The Morgan fingerprint density at radius 1 is 1.36 bits per heavy atom. The molecular weight excluding hydrogens is 298 g/mol. The maximum absolute atomic E-state index is 12.8. The molecule has 0 bridgehead atoms. The van der Waals surface area contributed by atoms with E-state index in [0.717, 1.165) is 10.6 Å². The molecular formula is C16H23N3O2S. The van der Waals surface area contributed by atoms with E-state index in [-0.39, 0.29) is 23.1 Å². The molecule has 2 rings (SSSR count). The van der Waals surface area contributed by atoms with Gasteiger partial charge in [0.1, 0.15) is 5.56 Å². The Kier molecular flexibility index (Phi) is 4.70. The molecule has 1 atom stereocenters. The molecule has 2 heterocycles. The lowest BCUT2D eigenvalue weighted by molar-refractivity contribution is 0.0658. The van der Waals surface area contributed by atoms with E-state index in [1.54, 1.807) is 9.30 Å². The van der Waals surface area contributed by atoms with Crippen molar-refractivity contribution in [3.05, 3.63) is 32.7 Å². The topological polar surface area (TPSA) is 54.7 Å². The van der Waals surface area contributed by atoms with Gasteiger partial charge in [0.05, 0.1) is 0 Å². The summed E-state index contributed by atoms with van der Waals surface area (Å²) in [6, 6.07) is 0.0721. The van der Waals surface area contributed by atoms with Crippen LogP contribution in [0.3, 0.4) is 0 Å². The summed E-state index contributed by atoms with van der Waals surface area (Å²) in [6.07, 6.45) is 1.42. The molecule has 22 heavy (non-hydrogen) atoms. The van der Waals surface area contributed by atoms with Crippen LogP contribution in [0, 0.1) is 19.8 Å². The fourth-order valence-corrected chi connectivity index (χ4v) is 3.38. The van der Waals surface area contributed by atoms with Crippen molar-refractivity contribution in [1.29, 1.82) is 0 Å². The van der Waals surface area contributed by atoms with Crippen molar-refractivity contribution in [1.82, 2.24) is 14.3 Å². The van der Waals surface area contributed by atoms with Crippen LogP contribution in [-0.2, 0) is 0 Å². The number of aryl methyl sites for hydroxylation is 2. The highest BCUT2D eigenvalue weighted by molar-refractivity contribution is 7.17. The Bertz CT molecular complexity index is 761. The van der Waals surface area contributed by atoms with E-state index < -0.39 is 0 Å². The normalized spacial score (nSPS) is 12.9. The molecule has 0 saturated carbocycles. The number of carbonyl (C=O) groups is 1. The molecule has 0 radical (unpaired) electrons. The van der Waals surface area contributed by atoms with Gasteiger partial charge in [-0.1, -0.05) is 13.8 Å². The Hall–Kier alpha value is -1.69. The van der Waals surface area contributed by atoms with Crippen LogP contribution in [0.1, 0.15) is 48.6 Å². The summed E-state index contributed by atoms with van der Waals surface area (Å²) in [5, 5.41) is 0. The van der Waals surface area contributed by atoms with Crippen LogP contribution in [0.2, 0.25) is 0 Å². The van der Waals surface area contributed by atoms with Gasteiger partial charge in [0.25, 0.3) is 11.5 Å². The van der Waals surface area contributed by atoms with E-state index in [9.17, 15) is 9.59 Å². The van der Waals surface area contributed by atoms with Crippen molar-refractivity contribution in [3.8, 4) is 0 Å². The largest absolute Gasteiger partial charge is 0.336 e. The summed E-state index contributed by atoms with van der Waals surface area (Å²) in [7, 11) is 0. The lowest BCUT2D eigenvalue weighted by Crippen LogP contribution is -2.43. The van der Waals surface area contributed by atoms with Gasteiger partial charge in [0.2, 0.25) is 0 Å². The predicted molar refractivity (Wildman–Crippen MR) is 89.8 cm³/mol. The van der Waals surface area contributed by atoms with Crippen LogP contribution < -0.4 is 5.56 Å². The van der Waals surface area contributed by atoms with Crippen molar-refractivity contribution < 1.29 is 4.79 Å².